The molecule has 3 nitrogen and oxygen atoms in total. The highest BCUT2D eigenvalue weighted by atomic mass is 32.2. The molecule has 0 atom stereocenters. The van der Waals surface area contributed by atoms with Gasteiger partial charge in [-0.1, -0.05) is 37.3 Å². The molecule has 1 rings (SSSR count). The van der Waals surface area contributed by atoms with Crippen LogP contribution < -0.4 is 0 Å². The number of benzene rings is 1. The zero-order chi connectivity index (χ0) is 13.8. The van der Waals surface area contributed by atoms with Crippen molar-refractivity contribution in [3.05, 3.63) is 41.7 Å². The Morgan fingerprint density at radius 3 is 2.28 bits per heavy atom. The Hall–Kier alpha value is -1.50. The zero-order valence-electron chi connectivity index (χ0n) is 9.44. The van der Waals surface area contributed by atoms with Crippen LogP contribution in [0.2, 0.25) is 0 Å². The van der Waals surface area contributed by atoms with Crippen molar-refractivity contribution in [2.75, 3.05) is 0 Å². The van der Waals surface area contributed by atoms with E-state index in [0.717, 1.165) is 0 Å². The van der Waals surface area contributed by atoms with Crippen LogP contribution in [-0.4, -0.2) is 13.9 Å². The third-order valence-electron chi connectivity index (χ3n) is 1.98. The minimum atomic E-state index is -5.60. The summed E-state index contributed by atoms with van der Waals surface area (Å²) in [5.41, 5.74) is -4.86. The Bertz CT molecular complexity index is 518. The monoisotopic (exact) mass is 280 g/mol. The molecule has 0 aromatic heterocycles. The third-order valence-corrected chi connectivity index (χ3v) is 2.98. The van der Waals surface area contributed by atoms with Gasteiger partial charge in [0.25, 0.3) is 0 Å². The van der Waals surface area contributed by atoms with Gasteiger partial charge in [0, 0.05) is 6.42 Å². The third kappa shape index (κ3) is 3.76. The zero-order valence-corrected chi connectivity index (χ0v) is 10.3. The van der Waals surface area contributed by atoms with Crippen molar-refractivity contribution >= 4 is 16.2 Å². The van der Waals surface area contributed by atoms with Crippen molar-refractivity contribution in [3.8, 4) is 0 Å². The average molecular weight is 280 g/mol. The first-order chi connectivity index (χ1) is 8.26. The summed E-state index contributed by atoms with van der Waals surface area (Å²) in [7, 11) is -5.60. The first kappa shape index (κ1) is 14.6. The predicted octanol–water partition coefficient (Wildman–Crippen LogP) is 3.30. The molecule has 0 spiro atoms. The Morgan fingerprint density at radius 2 is 1.83 bits per heavy atom. The van der Waals surface area contributed by atoms with E-state index in [4.69, 9.17) is 0 Å². The van der Waals surface area contributed by atoms with Gasteiger partial charge in [-0.25, -0.2) is 0 Å². The lowest BCUT2D eigenvalue weighted by atomic mass is 10.2. The number of allylic oxidation sites excluding steroid dienone is 1. The Labute approximate surface area is 103 Å². The minimum Gasteiger partial charge on any atom is -0.381 e. The second-order valence-corrected chi connectivity index (χ2v) is 4.90. The van der Waals surface area contributed by atoms with Gasteiger partial charge >= 0.3 is 15.6 Å². The second kappa shape index (κ2) is 5.43. The summed E-state index contributed by atoms with van der Waals surface area (Å²) in [6, 6.07) is 8.34. The number of hydrogen-bond donors (Lipinski definition) is 0. The van der Waals surface area contributed by atoms with E-state index in [1.54, 1.807) is 30.3 Å². The molecule has 0 unspecified atom stereocenters. The van der Waals surface area contributed by atoms with E-state index in [1.165, 1.54) is 13.0 Å². The quantitative estimate of drug-likeness (QED) is 0.483. The van der Waals surface area contributed by atoms with Crippen LogP contribution in [0, 0.1) is 0 Å². The molecule has 1 aromatic rings. The van der Waals surface area contributed by atoms with E-state index in [1.807, 2.05) is 0 Å². The van der Waals surface area contributed by atoms with Crippen molar-refractivity contribution in [2.24, 2.45) is 0 Å². The molecule has 100 valence electrons. The van der Waals surface area contributed by atoms with Crippen LogP contribution >= 0.6 is 0 Å². The molecule has 1 aromatic carbocycles. The Morgan fingerprint density at radius 1 is 1.28 bits per heavy atom. The van der Waals surface area contributed by atoms with E-state index in [0.29, 0.717) is 5.56 Å². The van der Waals surface area contributed by atoms with E-state index in [2.05, 4.69) is 4.18 Å². The molecule has 0 aliphatic carbocycles. The number of alkyl halides is 3. The van der Waals surface area contributed by atoms with Gasteiger partial charge in [0.1, 0.15) is 5.76 Å². The molecule has 0 aliphatic rings. The maximum absolute atomic E-state index is 12.1. The highest BCUT2D eigenvalue weighted by Crippen LogP contribution is 2.27. The lowest BCUT2D eigenvalue weighted by molar-refractivity contribution is -0.0522. The van der Waals surface area contributed by atoms with Gasteiger partial charge in [0.05, 0.1) is 0 Å². The average Bonchev–Trinajstić information content (AvgIpc) is 2.27. The molecule has 0 saturated heterocycles. The van der Waals surface area contributed by atoms with Crippen LogP contribution in [0.4, 0.5) is 13.2 Å². The van der Waals surface area contributed by atoms with Gasteiger partial charge in [-0.3, -0.25) is 0 Å². The summed E-state index contributed by atoms with van der Waals surface area (Å²) >= 11 is 0. The first-order valence-electron chi connectivity index (χ1n) is 5.02. The van der Waals surface area contributed by atoms with Crippen LogP contribution in [0.5, 0.6) is 0 Å². The summed E-state index contributed by atoms with van der Waals surface area (Å²) in [5, 5.41) is 0. The molecule has 0 heterocycles. The minimum absolute atomic E-state index is 0.0319. The topological polar surface area (TPSA) is 43.4 Å². The Kier molecular flexibility index (Phi) is 4.39. The highest BCUT2D eigenvalue weighted by Gasteiger charge is 2.48. The Balaban J connectivity index is 2.97. The van der Waals surface area contributed by atoms with Gasteiger partial charge in [0.2, 0.25) is 0 Å². The van der Waals surface area contributed by atoms with E-state index in [-0.39, 0.29) is 12.2 Å². The molecular weight excluding hydrogens is 269 g/mol. The van der Waals surface area contributed by atoms with E-state index < -0.39 is 15.6 Å². The van der Waals surface area contributed by atoms with Gasteiger partial charge in [-0.2, -0.15) is 21.6 Å². The molecule has 0 bridgehead atoms. The normalized spacial score (nSPS) is 13.4. The SMILES string of the molecule is CC/C(=C\c1ccccc1)OS(=O)(=O)C(F)(F)F. The maximum atomic E-state index is 12.1. The molecular formula is C11H11F3O3S. The summed E-state index contributed by atoms with van der Waals surface area (Å²) in [5.74, 6) is -0.265. The molecule has 18 heavy (non-hydrogen) atoms. The molecule has 0 radical (unpaired) electrons. The van der Waals surface area contributed by atoms with Crippen molar-refractivity contribution in [1.82, 2.24) is 0 Å². The second-order valence-electron chi connectivity index (χ2n) is 3.36. The number of halogens is 3. The smallest absolute Gasteiger partial charge is 0.381 e. The predicted molar refractivity (Wildman–Crippen MR) is 60.8 cm³/mol. The van der Waals surface area contributed by atoms with Gasteiger partial charge < -0.3 is 4.18 Å². The van der Waals surface area contributed by atoms with E-state index in [9.17, 15) is 21.6 Å². The van der Waals surface area contributed by atoms with Gasteiger partial charge in [-0.05, 0) is 11.6 Å². The van der Waals surface area contributed by atoms with Gasteiger partial charge in [0.15, 0.2) is 0 Å². The summed E-state index contributed by atoms with van der Waals surface area (Å²) in [6.07, 6.45) is 1.29. The van der Waals surface area contributed by atoms with Crippen LogP contribution in [0.3, 0.4) is 0 Å². The summed E-state index contributed by atoms with van der Waals surface area (Å²) in [4.78, 5) is 0. The molecule has 0 N–H and O–H groups in total. The fourth-order valence-corrected chi connectivity index (χ4v) is 1.65. The number of hydrogen-bond acceptors (Lipinski definition) is 3. The molecule has 0 aliphatic heterocycles. The largest absolute Gasteiger partial charge is 0.534 e. The van der Waals surface area contributed by atoms with Crippen LogP contribution in [0.1, 0.15) is 18.9 Å². The van der Waals surface area contributed by atoms with Crippen LogP contribution in [0.15, 0.2) is 36.1 Å². The van der Waals surface area contributed by atoms with Gasteiger partial charge in [-0.15, -0.1) is 0 Å². The first-order valence-corrected chi connectivity index (χ1v) is 6.43. The van der Waals surface area contributed by atoms with E-state index >= 15 is 0 Å². The summed E-state index contributed by atoms with van der Waals surface area (Å²) < 4.78 is 62.1. The lowest BCUT2D eigenvalue weighted by Gasteiger charge is -2.11. The van der Waals surface area contributed by atoms with Crippen LogP contribution in [-0.2, 0) is 14.3 Å². The number of rotatable bonds is 4. The molecule has 0 fully saturated rings. The fraction of sp³-hybridized carbons (Fsp3) is 0.273. The van der Waals surface area contributed by atoms with Crippen molar-refractivity contribution < 1.29 is 25.8 Å². The fourth-order valence-electron chi connectivity index (χ4n) is 1.11. The standard InChI is InChI=1S/C11H11F3O3S/c1-2-10(8-9-6-4-3-5-7-9)17-18(15,16)11(12,13)14/h3-8H,2H2,1H3/b10-8+. The van der Waals surface area contributed by atoms with Crippen molar-refractivity contribution in [1.29, 1.82) is 0 Å². The summed E-state index contributed by atoms with van der Waals surface area (Å²) in [6.45, 7) is 1.50. The maximum Gasteiger partial charge on any atom is 0.534 e. The molecule has 0 amide bonds. The highest BCUT2D eigenvalue weighted by molar-refractivity contribution is 7.87. The lowest BCUT2D eigenvalue weighted by Crippen LogP contribution is -2.25. The van der Waals surface area contributed by atoms with Crippen molar-refractivity contribution in [2.45, 2.75) is 18.9 Å². The molecule has 0 saturated carbocycles. The van der Waals surface area contributed by atoms with Crippen molar-refractivity contribution in [3.63, 3.8) is 0 Å². The van der Waals surface area contributed by atoms with Crippen LogP contribution in [0.25, 0.3) is 6.08 Å². The molecule has 7 heteroatoms.